The van der Waals surface area contributed by atoms with Gasteiger partial charge in [-0.05, 0) is 42.8 Å². The zero-order chi connectivity index (χ0) is 16.5. The van der Waals surface area contributed by atoms with Crippen molar-refractivity contribution in [1.82, 2.24) is 9.80 Å². The van der Waals surface area contributed by atoms with E-state index < -0.39 is 0 Å². The van der Waals surface area contributed by atoms with Crippen molar-refractivity contribution in [3.8, 4) is 0 Å². The molecule has 3 rings (SSSR count). The number of benzene rings is 2. The van der Waals surface area contributed by atoms with E-state index in [1.54, 1.807) is 0 Å². The highest BCUT2D eigenvalue weighted by Gasteiger charge is 2.16. The van der Waals surface area contributed by atoms with Crippen molar-refractivity contribution in [2.75, 3.05) is 38.5 Å². The van der Waals surface area contributed by atoms with Crippen LogP contribution in [-0.2, 0) is 6.54 Å². The Labute approximate surface area is 175 Å². The number of hydrogen-bond donors (Lipinski definition) is 0. The van der Waals surface area contributed by atoms with E-state index in [0.717, 1.165) is 6.54 Å². The third-order valence-electron chi connectivity index (χ3n) is 4.59. The average molecular weight is 413 g/mol. The molecule has 0 amide bonds. The van der Waals surface area contributed by atoms with Crippen LogP contribution in [0.2, 0.25) is 0 Å². The Balaban J connectivity index is 0.00000169. The highest BCUT2D eigenvalue weighted by molar-refractivity contribution is 7.99. The van der Waals surface area contributed by atoms with E-state index in [1.807, 2.05) is 11.8 Å². The molecule has 26 heavy (non-hydrogen) atoms. The van der Waals surface area contributed by atoms with E-state index in [2.05, 4.69) is 70.5 Å². The molecule has 2 nitrogen and oxygen atoms in total. The highest BCUT2D eigenvalue weighted by atomic mass is 35.5. The van der Waals surface area contributed by atoms with Crippen LogP contribution < -0.4 is 0 Å². The predicted molar refractivity (Wildman–Crippen MR) is 119 cm³/mol. The zero-order valence-electron chi connectivity index (χ0n) is 15.3. The number of halogens is 2. The molecule has 1 saturated heterocycles. The van der Waals surface area contributed by atoms with Gasteiger partial charge in [0.15, 0.2) is 0 Å². The van der Waals surface area contributed by atoms with Gasteiger partial charge >= 0.3 is 0 Å². The fraction of sp³-hybridized carbons (Fsp3) is 0.429. The van der Waals surface area contributed by atoms with E-state index >= 15 is 0 Å². The fourth-order valence-electron chi connectivity index (χ4n) is 3.16. The maximum Gasteiger partial charge on any atom is 0.0234 e. The summed E-state index contributed by atoms with van der Waals surface area (Å²) < 4.78 is 0. The Morgan fingerprint density at radius 2 is 1.27 bits per heavy atom. The number of piperazine rings is 1. The second-order valence-electron chi connectivity index (χ2n) is 6.47. The second kappa shape index (κ2) is 13.5. The molecule has 1 heterocycles. The molecular formula is C21H30Cl2N2S. The summed E-state index contributed by atoms with van der Waals surface area (Å²) in [4.78, 5) is 6.61. The van der Waals surface area contributed by atoms with Gasteiger partial charge in [0.2, 0.25) is 0 Å². The maximum atomic E-state index is 2.63. The first-order chi connectivity index (χ1) is 11.9. The van der Waals surface area contributed by atoms with Gasteiger partial charge in [-0.3, -0.25) is 4.90 Å². The Hall–Kier alpha value is -0.710. The minimum Gasteiger partial charge on any atom is -0.301 e. The molecule has 0 spiro atoms. The maximum absolute atomic E-state index is 2.63. The topological polar surface area (TPSA) is 6.48 Å². The highest BCUT2D eigenvalue weighted by Crippen LogP contribution is 2.18. The summed E-state index contributed by atoms with van der Waals surface area (Å²) in [6, 6.07) is 21.6. The Bertz CT molecular complexity index is 575. The third-order valence-corrected chi connectivity index (χ3v) is 5.69. The Morgan fingerprint density at radius 1 is 0.692 bits per heavy atom. The molecule has 0 unspecified atom stereocenters. The van der Waals surface area contributed by atoms with E-state index in [9.17, 15) is 0 Å². The summed E-state index contributed by atoms with van der Waals surface area (Å²) in [5.74, 6) is 1.23. The third kappa shape index (κ3) is 8.32. The van der Waals surface area contributed by atoms with Gasteiger partial charge in [-0.2, -0.15) is 0 Å². The Kier molecular flexibility index (Phi) is 12.1. The van der Waals surface area contributed by atoms with Crippen LogP contribution in [0.15, 0.2) is 65.6 Å². The summed E-state index contributed by atoms with van der Waals surface area (Å²) >= 11 is 1.98. The van der Waals surface area contributed by atoms with E-state index in [0.29, 0.717) is 0 Å². The molecule has 0 N–H and O–H groups in total. The smallest absolute Gasteiger partial charge is 0.0234 e. The monoisotopic (exact) mass is 412 g/mol. The number of thioether (sulfide) groups is 1. The Morgan fingerprint density at radius 3 is 1.92 bits per heavy atom. The van der Waals surface area contributed by atoms with Crippen LogP contribution in [0, 0.1) is 0 Å². The molecule has 0 radical (unpaired) electrons. The van der Waals surface area contributed by atoms with Crippen molar-refractivity contribution < 1.29 is 0 Å². The zero-order valence-corrected chi connectivity index (χ0v) is 17.7. The molecule has 1 fully saturated rings. The van der Waals surface area contributed by atoms with Gasteiger partial charge in [0.1, 0.15) is 0 Å². The lowest BCUT2D eigenvalue weighted by atomic mass is 10.2. The first-order valence-corrected chi connectivity index (χ1v) is 10.1. The van der Waals surface area contributed by atoms with Gasteiger partial charge < -0.3 is 4.90 Å². The average Bonchev–Trinajstić information content (AvgIpc) is 2.65. The van der Waals surface area contributed by atoms with Gasteiger partial charge in [0, 0.05) is 37.6 Å². The molecule has 0 atom stereocenters. The number of nitrogens with zero attached hydrogens (tertiary/aromatic N) is 2. The van der Waals surface area contributed by atoms with Gasteiger partial charge in [-0.15, -0.1) is 36.6 Å². The van der Waals surface area contributed by atoms with Gasteiger partial charge in [-0.25, -0.2) is 0 Å². The minimum atomic E-state index is 0. The number of unbranched alkanes of at least 4 members (excludes halogenated alkanes) is 1. The largest absolute Gasteiger partial charge is 0.301 e. The van der Waals surface area contributed by atoms with Crippen molar-refractivity contribution >= 4 is 36.6 Å². The quantitative estimate of drug-likeness (QED) is 0.433. The molecule has 2 aromatic carbocycles. The molecule has 144 valence electrons. The van der Waals surface area contributed by atoms with Gasteiger partial charge in [-0.1, -0.05) is 48.5 Å². The van der Waals surface area contributed by atoms with E-state index in [4.69, 9.17) is 0 Å². The summed E-state index contributed by atoms with van der Waals surface area (Å²) in [5, 5.41) is 0. The van der Waals surface area contributed by atoms with Crippen molar-refractivity contribution in [2.24, 2.45) is 0 Å². The normalized spacial score (nSPS) is 15.1. The first kappa shape index (κ1) is 23.3. The van der Waals surface area contributed by atoms with Crippen LogP contribution in [0.4, 0.5) is 0 Å². The molecule has 2 aromatic rings. The number of hydrogen-bond acceptors (Lipinski definition) is 3. The van der Waals surface area contributed by atoms with Gasteiger partial charge in [0.05, 0.1) is 0 Å². The van der Waals surface area contributed by atoms with Crippen LogP contribution in [-0.4, -0.2) is 48.3 Å². The van der Waals surface area contributed by atoms with Crippen LogP contribution in [0.3, 0.4) is 0 Å². The molecule has 5 heteroatoms. The molecule has 0 bridgehead atoms. The predicted octanol–water partition coefficient (Wildman–Crippen LogP) is 5.22. The van der Waals surface area contributed by atoms with Crippen LogP contribution in [0.25, 0.3) is 0 Å². The van der Waals surface area contributed by atoms with E-state index in [-0.39, 0.29) is 24.8 Å². The molecule has 0 aliphatic carbocycles. The molecule has 1 aliphatic heterocycles. The lowest BCUT2D eigenvalue weighted by Crippen LogP contribution is -2.46. The standard InChI is InChI=1S/C21H28N2S.2ClH/c1-3-9-20(10-4-1)19-23-16-14-22(15-17-23)13-7-8-18-24-21-11-5-2-6-12-21;;/h1-6,9-12H,7-8,13-19H2;2*1H. The lowest BCUT2D eigenvalue weighted by Gasteiger charge is -2.34. The van der Waals surface area contributed by atoms with Gasteiger partial charge in [0.25, 0.3) is 0 Å². The molecule has 0 aromatic heterocycles. The van der Waals surface area contributed by atoms with Crippen LogP contribution in [0.1, 0.15) is 18.4 Å². The fourth-order valence-corrected chi connectivity index (χ4v) is 4.09. The summed E-state index contributed by atoms with van der Waals surface area (Å²) in [6.07, 6.45) is 2.63. The van der Waals surface area contributed by atoms with Crippen LogP contribution in [0.5, 0.6) is 0 Å². The van der Waals surface area contributed by atoms with Crippen molar-refractivity contribution in [3.63, 3.8) is 0 Å². The minimum absolute atomic E-state index is 0. The summed E-state index contributed by atoms with van der Waals surface area (Å²) in [6.45, 7) is 7.20. The van der Waals surface area contributed by atoms with Crippen molar-refractivity contribution in [1.29, 1.82) is 0 Å². The van der Waals surface area contributed by atoms with Crippen molar-refractivity contribution in [3.05, 3.63) is 66.2 Å². The summed E-state index contributed by atoms with van der Waals surface area (Å²) in [5.41, 5.74) is 1.43. The van der Waals surface area contributed by atoms with E-state index in [1.165, 1.54) is 61.8 Å². The lowest BCUT2D eigenvalue weighted by molar-refractivity contribution is 0.126. The first-order valence-electron chi connectivity index (χ1n) is 9.07. The molecule has 1 aliphatic rings. The molecule has 0 saturated carbocycles. The second-order valence-corrected chi connectivity index (χ2v) is 7.64. The number of rotatable bonds is 8. The SMILES string of the molecule is Cl.Cl.c1ccc(CN2CCN(CCCCSc3ccccc3)CC2)cc1. The van der Waals surface area contributed by atoms with Crippen molar-refractivity contribution in [2.45, 2.75) is 24.3 Å². The van der Waals surface area contributed by atoms with Crippen LogP contribution >= 0.6 is 36.6 Å². The summed E-state index contributed by atoms with van der Waals surface area (Å²) in [7, 11) is 0. The molecular weight excluding hydrogens is 383 g/mol.